The smallest absolute Gasteiger partial charge is 0.253 e. The lowest BCUT2D eigenvalue weighted by Gasteiger charge is -2.30. The first kappa shape index (κ1) is 24.4. The number of rotatable bonds is 9. The lowest BCUT2D eigenvalue weighted by molar-refractivity contribution is 0.0773. The van der Waals surface area contributed by atoms with Crippen LogP contribution in [0.2, 0.25) is 0 Å². The van der Waals surface area contributed by atoms with Gasteiger partial charge in [0.25, 0.3) is 5.91 Å². The highest BCUT2D eigenvalue weighted by Gasteiger charge is 2.44. The fourth-order valence-electron chi connectivity index (χ4n) is 4.85. The maximum absolute atomic E-state index is 12.7. The van der Waals surface area contributed by atoms with E-state index < -0.39 is 0 Å². The largest absolute Gasteiger partial charge is 0.493 e. The molecule has 1 unspecified atom stereocenters. The van der Waals surface area contributed by atoms with Crippen molar-refractivity contribution in [1.29, 1.82) is 5.41 Å². The Balaban J connectivity index is 2.05. The minimum atomic E-state index is -0.368. The fourth-order valence-corrected chi connectivity index (χ4v) is 4.85. The molecule has 176 valence electrons. The Hall–Kier alpha value is -3.28. The minimum Gasteiger partial charge on any atom is -0.493 e. The fraction of sp³-hybridized carbons (Fsp3) is 0.407. The van der Waals surface area contributed by atoms with E-state index in [1.165, 1.54) is 6.21 Å². The average Bonchev–Trinajstić information content (AvgIpc) is 3.06. The molecule has 0 aliphatic carbocycles. The Labute approximate surface area is 197 Å². The van der Waals surface area contributed by atoms with Gasteiger partial charge >= 0.3 is 0 Å². The number of allylic oxidation sites excluding steroid dienone is 2. The maximum atomic E-state index is 12.7. The van der Waals surface area contributed by atoms with Crippen molar-refractivity contribution in [3.8, 4) is 11.5 Å². The highest BCUT2D eigenvalue weighted by atomic mass is 16.5. The topological polar surface area (TPSA) is 65.9 Å². The van der Waals surface area contributed by atoms with Crippen molar-refractivity contribution < 1.29 is 14.3 Å². The van der Waals surface area contributed by atoms with Gasteiger partial charge in [-0.15, -0.1) is 0 Å². The van der Waals surface area contributed by atoms with Crippen LogP contribution in [-0.4, -0.2) is 50.9 Å². The van der Waals surface area contributed by atoms with Gasteiger partial charge in [0.2, 0.25) is 0 Å². The van der Waals surface area contributed by atoms with E-state index in [1.54, 1.807) is 14.2 Å². The quantitative estimate of drug-likeness (QED) is 0.544. The molecule has 3 rings (SSSR count). The molecule has 1 aliphatic rings. The summed E-state index contributed by atoms with van der Waals surface area (Å²) in [6.45, 7) is 10.5. The van der Waals surface area contributed by atoms with E-state index in [-0.39, 0.29) is 11.3 Å². The van der Waals surface area contributed by atoms with Crippen molar-refractivity contribution in [2.75, 3.05) is 38.8 Å². The summed E-state index contributed by atoms with van der Waals surface area (Å²) in [7, 11) is 3.29. The molecular formula is C27H35N3O3. The number of hydrogen-bond donors (Lipinski definition) is 1. The van der Waals surface area contributed by atoms with Gasteiger partial charge in [0.15, 0.2) is 11.5 Å². The van der Waals surface area contributed by atoms with Crippen molar-refractivity contribution >= 4 is 17.8 Å². The summed E-state index contributed by atoms with van der Waals surface area (Å²) in [6, 6.07) is 12.0. The number of methoxy groups -OCH3 is 2. The lowest BCUT2D eigenvalue weighted by Crippen LogP contribution is -2.31. The molecule has 1 N–H and O–H groups in total. The first-order chi connectivity index (χ1) is 15.9. The average molecular weight is 450 g/mol. The Bertz CT molecular complexity index is 1040. The summed E-state index contributed by atoms with van der Waals surface area (Å²) < 4.78 is 11.2. The van der Waals surface area contributed by atoms with Crippen LogP contribution in [-0.2, 0) is 11.8 Å². The second-order valence-electron chi connectivity index (χ2n) is 8.37. The molecule has 2 aromatic rings. The van der Waals surface area contributed by atoms with E-state index >= 15 is 0 Å². The number of amides is 1. The third-order valence-electron chi connectivity index (χ3n) is 6.61. The molecule has 0 saturated heterocycles. The van der Waals surface area contributed by atoms with Crippen LogP contribution < -0.4 is 14.4 Å². The van der Waals surface area contributed by atoms with Crippen LogP contribution in [0.1, 0.15) is 49.2 Å². The third kappa shape index (κ3) is 4.34. The van der Waals surface area contributed by atoms with Crippen LogP contribution in [0, 0.1) is 5.41 Å². The number of fused-ring (bicyclic) bond motifs is 1. The highest BCUT2D eigenvalue weighted by Crippen LogP contribution is 2.52. The van der Waals surface area contributed by atoms with E-state index in [9.17, 15) is 4.79 Å². The van der Waals surface area contributed by atoms with Gasteiger partial charge in [-0.05, 0) is 69.5 Å². The standard InChI is InChI=1S/C27H35N3O3/c1-7-29(8-2)26(31)20-12-10-19(11-13-20)18-27(4)21-16-23(32-5)24(33-6)17-22(21)30(9-3)25(27)14-15-28/h10-17,28H,7-9,18H2,1-6H3/b25-14-,28-15?. The van der Waals surface area contributed by atoms with Crippen LogP contribution >= 0.6 is 0 Å². The van der Waals surface area contributed by atoms with Crippen LogP contribution in [0.3, 0.4) is 0 Å². The zero-order chi connectivity index (χ0) is 24.2. The van der Waals surface area contributed by atoms with Crippen LogP contribution in [0.5, 0.6) is 11.5 Å². The highest BCUT2D eigenvalue weighted by molar-refractivity contribution is 5.94. The molecule has 0 spiro atoms. The normalized spacial score (nSPS) is 18.2. The number of likely N-dealkylation sites (N-methyl/N-ethyl adjacent to an activating group) is 1. The van der Waals surface area contributed by atoms with Gasteiger partial charge in [0.05, 0.1) is 14.2 Å². The van der Waals surface area contributed by atoms with Gasteiger partial charge < -0.3 is 24.7 Å². The Morgan fingerprint density at radius 2 is 1.67 bits per heavy atom. The molecule has 1 atom stereocenters. The number of hydrogen-bond acceptors (Lipinski definition) is 5. The van der Waals surface area contributed by atoms with E-state index in [4.69, 9.17) is 14.9 Å². The van der Waals surface area contributed by atoms with Gasteiger partial charge in [0.1, 0.15) is 0 Å². The van der Waals surface area contributed by atoms with Gasteiger partial charge in [-0.3, -0.25) is 4.79 Å². The van der Waals surface area contributed by atoms with Crippen molar-refractivity contribution in [2.45, 2.75) is 39.5 Å². The molecular weight excluding hydrogens is 414 g/mol. The molecule has 33 heavy (non-hydrogen) atoms. The van der Waals surface area contributed by atoms with Crippen molar-refractivity contribution in [2.24, 2.45) is 0 Å². The van der Waals surface area contributed by atoms with E-state index in [0.717, 1.165) is 35.5 Å². The number of nitrogens with zero attached hydrogens (tertiary/aromatic N) is 2. The number of ether oxygens (including phenoxy) is 2. The number of carbonyl (C=O) groups excluding carboxylic acids is 1. The van der Waals surface area contributed by atoms with Gasteiger partial charge in [-0.1, -0.05) is 12.1 Å². The molecule has 0 aromatic heterocycles. The van der Waals surface area contributed by atoms with Crippen molar-refractivity contribution in [1.82, 2.24) is 4.90 Å². The van der Waals surface area contributed by atoms with Gasteiger partial charge in [0, 0.05) is 54.3 Å². The molecule has 1 heterocycles. The zero-order valence-corrected chi connectivity index (χ0v) is 20.6. The summed E-state index contributed by atoms with van der Waals surface area (Å²) in [5.74, 6) is 1.43. The van der Waals surface area contributed by atoms with Crippen molar-refractivity contribution in [3.63, 3.8) is 0 Å². The predicted molar refractivity (Wildman–Crippen MR) is 134 cm³/mol. The van der Waals surface area contributed by atoms with Crippen LogP contribution in [0.25, 0.3) is 0 Å². The summed E-state index contributed by atoms with van der Waals surface area (Å²) in [6.07, 6.45) is 3.95. The van der Waals surface area contributed by atoms with Gasteiger partial charge in [-0.25, -0.2) is 0 Å². The summed E-state index contributed by atoms with van der Waals surface area (Å²) in [4.78, 5) is 16.8. The zero-order valence-electron chi connectivity index (χ0n) is 20.6. The molecule has 0 bridgehead atoms. The van der Waals surface area contributed by atoms with Crippen LogP contribution in [0.4, 0.5) is 5.69 Å². The number of anilines is 1. The predicted octanol–water partition coefficient (Wildman–Crippen LogP) is 5.06. The van der Waals surface area contributed by atoms with E-state index in [0.29, 0.717) is 30.2 Å². The summed E-state index contributed by atoms with van der Waals surface area (Å²) >= 11 is 0. The number of benzene rings is 2. The summed E-state index contributed by atoms with van der Waals surface area (Å²) in [5.41, 5.74) is 4.73. The number of carbonyl (C=O) groups is 1. The minimum absolute atomic E-state index is 0.0577. The molecule has 6 heteroatoms. The van der Waals surface area contributed by atoms with Gasteiger partial charge in [-0.2, -0.15) is 0 Å². The SMILES string of the molecule is CCN(CC)C(=O)c1ccc(CC2(C)/C(=C/C=N)N(CC)c3cc(OC)c(OC)cc32)cc1. The maximum Gasteiger partial charge on any atom is 0.253 e. The van der Waals surface area contributed by atoms with E-state index in [2.05, 4.69) is 24.8 Å². The monoisotopic (exact) mass is 449 g/mol. The first-order valence-corrected chi connectivity index (χ1v) is 11.5. The molecule has 0 radical (unpaired) electrons. The van der Waals surface area contributed by atoms with Crippen molar-refractivity contribution in [3.05, 3.63) is 64.9 Å². The second kappa shape index (κ2) is 10.1. The Morgan fingerprint density at radius 1 is 1.06 bits per heavy atom. The lowest BCUT2D eigenvalue weighted by atomic mass is 9.76. The Kier molecular flexibility index (Phi) is 7.46. The molecule has 0 saturated carbocycles. The second-order valence-corrected chi connectivity index (χ2v) is 8.37. The molecule has 1 amide bonds. The molecule has 2 aromatic carbocycles. The van der Waals surface area contributed by atoms with E-state index in [1.807, 2.05) is 55.2 Å². The first-order valence-electron chi connectivity index (χ1n) is 11.5. The Morgan fingerprint density at radius 3 is 2.18 bits per heavy atom. The molecule has 6 nitrogen and oxygen atoms in total. The van der Waals surface area contributed by atoms with Crippen LogP contribution in [0.15, 0.2) is 48.2 Å². The third-order valence-corrected chi connectivity index (χ3v) is 6.61. The number of nitrogens with one attached hydrogen (secondary N) is 1. The molecule has 0 fully saturated rings. The summed E-state index contributed by atoms with van der Waals surface area (Å²) in [5, 5.41) is 7.79. The molecule has 1 aliphatic heterocycles.